The minimum atomic E-state index is -3.45. The van der Waals surface area contributed by atoms with Crippen LogP contribution < -0.4 is 9.62 Å². The second kappa shape index (κ2) is 10.5. The van der Waals surface area contributed by atoms with Crippen LogP contribution in [-0.4, -0.2) is 27.1 Å². The molecular weight excluding hydrogens is 432 g/mol. The van der Waals surface area contributed by atoms with Gasteiger partial charge in [-0.1, -0.05) is 36.7 Å². The number of amides is 1. The molecule has 0 unspecified atom stereocenters. The van der Waals surface area contributed by atoms with Crippen molar-refractivity contribution in [1.29, 1.82) is 0 Å². The predicted octanol–water partition coefficient (Wildman–Crippen LogP) is 5.03. The Bertz CT molecular complexity index is 1010. The summed E-state index contributed by atoms with van der Waals surface area (Å²) in [5, 5.41) is 3.67. The smallest absolute Gasteiger partial charge is 0.232 e. The number of sulfonamides is 1. The van der Waals surface area contributed by atoms with Crippen molar-refractivity contribution in [2.45, 2.75) is 57.9 Å². The lowest BCUT2D eigenvalue weighted by atomic mass is 9.89. The molecule has 0 saturated heterocycles. The fourth-order valence-corrected chi connectivity index (χ4v) is 5.23. The molecule has 0 saturated carbocycles. The Morgan fingerprint density at radius 1 is 1.10 bits per heavy atom. The highest BCUT2D eigenvalue weighted by Gasteiger charge is 2.19. The Morgan fingerprint density at radius 2 is 1.77 bits per heavy atom. The molecule has 1 amide bonds. The Hall–Kier alpha value is -2.05. The van der Waals surface area contributed by atoms with E-state index in [1.165, 1.54) is 34.5 Å². The van der Waals surface area contributed by atoms with E-state index in [1.54, 1.807) is 24.3 Å². The third kappa shape index (κ3) is 6.47. The van der Waals surface area contributed by atoms with Gasteiger partial charge < -0.3 is 5.32 Å². The molecule has 1 N–H and O–H groups in total. The molecule has 2 aromatic carbocycles. The van der Waals surface area contributed by atoms with Crippen LogP contribution >= 0.6 is 11.6 Å². The van der Waals surface area contributed by atoms with Gasteiger partial charge in [-0.2, -0.15) is 0 Å². The van der Waals surface area contributed by atoms with Crippen molar-refractivity contribution in [3.05, 3.63) is 64.2 Å². The minimum absolute atomic E-state index is 0.0259. The maximum absolute atomic E-state index is 12.6. The van der Waals surface area contributed by atoms with Gasteiger partial charge in [0.15, 0.2) is 0 Å². The molecule has 31 heavy (non-hydrogen) atoms. The lowest BCUT2D eigenvalue weighted by Gasteiger charge is -2.23. The van der Waals surface area contributed by atoms with Crippen molar-refractivity contribution < 1.29 is 13.2 Å². The zero-order valence-corrected chi connectivity index (χ0v) is 19.8. The van der Waals surface area contributed by atoms with Gasteiger partial charge in [0, 0.05) is 18.0 Å². The van der Waals surface area contributed by atoms with Crippen molar-refractivity contribution in [3.63, 3.8) is 0 Å². The molecule has 5 nitrogen and oxygen atoms in total. The van der Waals surface area contributed by atoms with E-state index in [-0.39, 0.29) is 24.9 Å². The average Bonchev–Trinajstić information content (AvgIpc) is 2.75. The van der Waals surface area contributed by atoms with E-state index in [9.17, 15) is 13.2 Å². The first-order valence-corrected chi connectivity index (χ1v) is 13.1. The number of carbonyl (C=O) groups excluding carboxylic acids is 1. The Labute approximate surface area is 190 Å². The molecule has 0 fully saturated rings. The number of aryl methyl sites for hydroxylation is 2. The number of benzene rings is 2. The van der Waals surface area contributed by atoms with Gasteiger partial charge in [0.1, 0.15) is 0 Å². The van der Waals surface area contributed by atoms with Crippen LogP contribution in [0.25, 0.3) is 0 Å². The number of hydrogen-bond acceptors (Lipinski definition) is 3. The van der Waals surface area contributed by atoms with Gasteiger partial charge in [-0.05, 0) is 79.5 Å². The molecule has 168 valence electrons. The van der Waals surface area contributed by atoms with Gasteiger partial charge in [0.25, 0.3) is 0 Å². The average molecular weight is 463 g/mol. The summed E-state index contributed by atoms with van der Waals surface area (Å²) in [6, 6.07) is 13.2. The van der Waals surface area contributed by atoms with Crippen LogP contribution in [0.2, 0.25) is 5.02 Å². The summed E-state index contributed by atoms with van der Waals surface area (Å²) in [4.78, 5) is 12.6. The number of halogens is 1. The van der Waals surface area contributed by atoms with E-state index in [2.05, 4.69) is 30.4 Å². The molecular formula is C24H31ClN2O3S. The van der Waals surface area contributed by atoms with Gasteiger partial charge in [-0.15, -0.1) is 0 Å². The molecule has 0 aromatic heterocycles. The van der Waals surface area contributed by atoms with Crippen LogP contribution in [0.15, 0.2) is 42.5 Å². The molecule has 0 aliphatic heterocycles. The Kier molecular flexibility index (Phi) is 8.00. The maximum atomic E-state index is 12.6. The molecule has 0 bridgehead atoms. The van der Waals surface area contributed by atoms with Crippen LogP contribution in [0.3, 0.4) is 0 Å². The minimum Gasteiger partial charge on any atom is -0.349 e. The lowest BCUT2D eigenvalue weighted by molar-refractivity contribution is -0.121. The standard InChI is InChI=1S/C24H31ClN2O3S/c1-3-23(20-11-10-18-7-4-5-8-19(18)17-20)26-24(28)9-6-16-27(31(2,29)30)22-14-12-21(25)13-15-22/h10-15,17,23H,3-9,16H2,1-2H3,(H,26,28)/t23-/m1/s1. The fourth-order valence-electron chi connectivity index (χ4n) is 4.13. The predicted molar refractivity (Wildman–Crippen MR) is 127 cm³/mol. The summed E-state index contributed by atoms with van der Waals surface area (Å²) >= 11 is 5.91. The SMILES string of the molecule is CC[C@@H](NC(=O)CCCN(c1ccc(Cl)cc1)S(C)(=O)=O)c1ccc2c(c1)CCCC2. The molecule has 0 spiro atoms. The number of carbonyl (C=O) groups is 1. The molecule has 1 atom stereocenters. The van der Waals surface area contributed by atoms with Crippen molar-refractivity contribution in [2.24, 2.45) is 0 Å². The summed E-state index contributed by atoms with van der Waals surface area (Å²) < 4.78 is 25.7. The van der Waals surface area contributed by atoms with Crippen LogP contribution in [-0.2, 0) is 27.7 Å². The number of rotatable bonds is 9. The maximum Gasteiger partial charge on any atom is 0.232 e. The van der Waals surface area contributed by atoms with E-state index in [0.29, 0.717) is 17.1 Å². The van der Waals surface area contributed by atoms with E-state index < -0.39 is 10.0 Å². The highest BCUT2D eigenvalue weighted by molar-refractivity contribution is 7.92. The number of hydrogen-bond donors (Lipinski definition) is 1. The highest BCUT2D eigenvalue weighted by atomic mass is 35.5. The molecule has 1 aliphatic carbocycles. The molecule has 0 heterocycles. The van der Waals surface area contributed by atoms with Crippen LogP contribution in [0, 0.1) is 0 Å². The monoisotopic (exact) mass is 462 g/mol. The number of nitrogens with zero attached hydrogens (tertiary/aromatic N) is 1. The van der Waals surface area contributed by atoms with Crippen molar-refractivity contribution in [2.75, 3.05) is 17.1 Å². The summed E-state index contributed by atoms with van der Waals surface area (Å²) in [5.74, 6) is -0.0610. The summed E-state index contributed by atoms with van der Waals surface area (Å²) in [7, 11) is -3.45. The molecule has 7 heteroatoms. The first-order chi connectivity index (χ1) is 14.8. The highest BCUT2D eigenvalue weighted by Crippen LogP contribution is 2.26. The van der Waals surface area contributed by atoms with E-state index >= 15 is 0 Å². The molecule has 0 radical (unpaired) electrons. The second-order valence-corrected chi connectivity index (χ2v) is 10.5. The van der Waals surface area contributed by atoms with Crippen LogP contribution in [0.1, 0.15) is 61.8 Å². The number of anilines is 1. The zero-order valence-electron chi connectivity index (χ0n) is 18.2. The van der Waals surface area contributed by atoms with Gasteiger partial charge >= 0.3 is 0 Å². The first-order valence-electron chi connectivity index (χ1n) is 10.9. The quantitative estimate of drug-likeness (QED) is 0.568. The van der Waals surface area contributed by atoms with Gasteiger partial charge in [0.2, 0.25) is 15.9 Å². The Balaban J connectivity index is 1.58. The fraction of sp³-hybridized carbons (Fsp3) is 0.458. The molecule has 1 aliphatic rings. The van der Waals surface area contributed by atoms with Crippen molar-refractivity contribution in [3.8, 4) is 0 Å². The topological polar surface area (TPSA) is 66.5 Å². The molecule has 3 rings (SSSR count). The van der Waals surface area contributed by atoms with E-state index in [1.807, 2.05) is 0 Å². The van der Waals surface area contributed by atoms with Crippen molar-refractivity contribution in [1.82, 2.24) is 5.32 Å². The first kappa shape index (κ1) is 23.6. The normalized spacial score (nSPS) is 14.5. The largest absolute Gasteiger partial charge is 0.349 e. The summed E-state index contributed by atoms with van der Waals surface area (Å²) in [6.45, 7) is 2.31. The van der Waals surface area contributed by atoms with E-state index in [0.717, 1.165) is 24.8 Å². The zero-order chi connectivity index (χ0) is 22.4. The number of nitrogens with one attached hydrogen (secondary N) is 1. The van der Waals surface area contributed by atoms with Gasteiger partial charge in [-0.25, -0.2) is 8.42 Å². The van der Waals surface area contributed by atoms with E-state index in [4.69, 9.17) is 11.6 Å². The Morgan fingerprint density at radius 3 is 2.42 bits per heavy atom. The van der Waals surface area contributed by atoms with Gasteiger partial charge in [0.05, 0.1) is 18.0 Å². The van der Waals surface area contributed by atoms with Crippen LogP contribution in [0.5, 0.6) is 0 Å². The van der Waals surface area contributed by atoms with Gasteiger partial charge in [-0.3, -0.25) is 9.10 Å². The third-order valence-electron chi connectivity index (χ3n) is 5.80. The van der Waals surface area contributed by atoms with Crippen molar-refractivity contribution >= 4 is 33.2 Å². The number of fused-ring (bicyclic) bond motifs is 1. The third-order valence-corrected chi connectivity index (χ3v) is 7.24. The molecule has 2 aromatic rings. The summed E-state index contributed by atoms with van der Waals surface area (Å²) in [5.41, 5.74) is 4.53. The lowest BCUT2D eigenvalue weighted by Crippen LogP contribution is -2.33. The summed E-state index contributed by atoms with van der Waals surface area (Å²) in [6.07, 6.45) is 7.41. The second-order valence-electron chi connectivity index (χ2n) is 8.18. The van der Waals surface area contributed by atoms with Crippen LogP contribution in [0.4, 0.5) is 5.69 Å².